The molecule has 1 aliphatic rings. The van der Waals surface area contributed by atoms with Crippen molar-refractivity contribution >= 4 is 6.09 Å². The highest BCUT2D eigenvalue weighted by molar-refractivity contribution is 5.68. The van der Waals surface area contributed by atoms with Gasteiger partial charge in [0.25, 0.3) is 0 Å². The number of nitriles is 1. The molecule has 4 nitrogen and oxygen atoms in total. The van der Waals surface area contributed by atoms with Gasteiger partial charge in [-0.15, -0.1) is 0 Å². The summed E-state index contributed by atoms with van der Waals surface area (Å²) in [6.45, 7) is 5.60. The van der Waals surface area contributed by atoms with Gasteiger partial charge < -0.3 is 10.1 Å². The Bertz CT molecular complexity index is 307. The van der Waals surface area contributed by atoms with Crippen molar-refractivity contribution in [3.8, 4) is 6.07 Å². The zero-order chi connectivity index (χ0) is 13.6. The highest BCUT2D eigenvalue weighted by atomic mass is 16.6. The molecule has 1 fully saturated rings. The molecule has 0 saturated heterocycles. The summed E-state index contributed by atoms with van der Waals surface area (Å²) in [5.41, 5.74) is -0.436. The summed E-state index contributed by atoms with van der Waals surface area (Å²) in [5, 5.41) is 11.5. The lowest BCUT2D eigenvalue weighted by atomic mass is 9.83. The van der Waals surface area contributed by atoms with Crippen LogP contribution in [0, 0.1) is 17.2 Å². The number of carbonyl (C=O) groups is 1. The zero-order valence-corrected chi connectivity index (χ0v) is 11.7. The van der Waals surface area contributed by atoms with Gasteiger partial charge in [0, 0.05) is 12.5 Å². The van der Waals surface area contributed by atoms with E-state index in [0.29, 0.717) is 12.3 Å². The standard InChI is InChI=1S/C14H24N2O2/c1-14(2,3)18-13(17)16-12-8-6-11(7-9-12)5-4-10-15/h11-12H,4-9H2,1-3H3,(H,16,17)/t11-,12-. The molecule has 0 atom stereocenters. The van der Waals surface area contributed by atoms with Gasteiger partial charge in [-0.05, 0) is 58.8 Å². The van der Waals surface area contributed by atoms with E-state index in [4.69, 9.17) is 10.00 Å². The first-order valence-electron chi connectivity index (χ1n) is 6.77. The second-order valence-corrected chi connectivity index (χ2v) is 6.06. The van der Waals surface area contributed by atoms with Gasteiger partial charge in [-0.2, -0.15) is 5.26 Å². The van der Waals surface area contributed by atoms with Crippen LogP contribution in [0.15, 0.2) is 0 Å². The maximum absolute atomic E-state index is 11.6. The van der Waals surface area contributed by atoms with Crippen LogP contribution in [0.4, 0.5) is 4.79 Å². The summed E-state index contributed by atoms with van der Waals surface area (Å²) < 4.78 is 5.24. The summed E-state index contributed by atoms with van der Waals surface area (Å²) in [6.07, 6.45) is 5.52. The molecular formula is C14H24N2O2. The maximum Gasteiger partial charge on any atom is 0.407 e. The van der Waals surface area contributed by atoms with Gasteiger partial charge in [0.05, 0.1) is 6.07 Å². The molecule has 18 heavy (non-hydrogen) atoms. The van der Waals surface area contributed by atoms with Crippen molar-refractivity contribution in [1.82, 2.24) is 5.32 Å². The van der Waals surface area contributed by atoms with E-state index in [-0.39, 0.29) is 12.1 Å². The number of nitrogens with zero attached hydrogens (tertiary/aromatic N) is 1. The molecule has 1 N–H and O–H groups in total. The lowest BCUT2D eigenvalue weighted by Gasteiger charge is -2.29. The quantitative estimate of drug-likeness (QED) is 0.837. The van der Waals surface area contributed by atoms with E-state index in [1.54, 1.807) is 0 Å². The lowest BCUT2D eigenvalue weighted by Crippen LogP contribution is -2.40. The summed E-state index contributed by atoms with van der Waals surface area (Å²) in [7, 11) is 0. The van der Waals surface area contributed by atoms with Crippen LogP contribution in [0.1, 0.15) is 59.3 Å². The number of rotatable bonds is 3. The maximum atomic E-state index is 11.6. The van der Waals surface area contributed by atoms with Crippen LogP contribution >= 0.6 is 0 Å². The lowest BCUT2D eigenvalue weighted by molar-refractivity contribution is 0.0487. The molecule has 0 aromatic carbocycles. The third-order valence-corrected chi connectivity index (χ3v) is 3.23. The van der Waals surface area contributed by atoms with E-state index in [9.17, 15) is 4.79 Å². The Balaban J connectivity index is 2.23. The minimum atomic E-state index is -0.436. The van der Waals surface area contributed by atoms with Crippen LogP contribution in [-0.2, 0) is 4.74 Å². The number of nitrogens with one attached hydrogen (secondary N) is 1. The Hall–Kier alpha value is -1.24. The monoisotopic (exact) mass is 252 g/mol. The Morgan fingerprint density at radius 1 is 1.33 bits per heavy atom. The molecule has 1 aliphatic carbocycles. The van der Waals surface area contributed by atoms with E-state index in [0.717, 1.165) is 32.1 Å². The van der Waals surface area contributed by atoms with Crippen molar-refractivity contribution in [2.45, 2.75) is 70.9 Å². The summed E-state index contributed by atoms with van der Waals surface area (Å²) in [6, 6.07) is 2.43. The first kappa shape index (κ1) is 14.8. The molecule has 102 valence electrons. The number of hydrogen-bond donors (Lipinski definition) is 1. The van der Waals surface area contributed by atoms with Crippen LogP contribution in [0.2, 0.25) is 0 Å². The predicted octanol–water partition coefficient (Wildman–Crippen LogP) is 3.37. The van der Waals surface area contributed by atoms with E-state index >= 15 is 0 Å². The van der Waals surface area contributed by atoms with Gasteiger partial charge in [0.1, 0.15) is 5.60 Å². The average Bonchev–Trinajstić information content (AvgIpc) is 2.25. The summed E-state index contributed by atoms with van der Waals surface area (Å²) >= 11 is 0. The van der Waals surface area contributed by atoms with Gasteiger partial charge in [-0.3, -0.25) is 0 Å². The molecule has 1 amide bonds. The fraction of sp³-hybridized carbons (Fsp3) is 0.857. The van der Waals surface area contributed by atoms with Crippen molar-refractivity contribution < 1.29 is 9.53 Å². The van der Waals surface area contributed by atoms with Gasteiger partial charge in [0.2, 0.25) is 0 Å². The highest BCUT2D eigenvalue weighted by Gasteiger charge is 2.24. The van der Waals surface area contributed by atoms with E-state index in [1.807, 2.05) is 20.8 Å². The van der Waals surface area contributed by atoms with E-state index in [1.165, 1.54) is 0 Å². The minimum absolute atomic E-state index is 0.234. The molecular weight excluding hydrogens is 228 g/mol. The zero-order valence-electron chi connectivity index (χ0n) is 11.7. The van der Waals surface area contributed by atoms with Crippen LogP contribution in [0.3, 0.4) is 0 Å². The fourth-order valence-electron chi connectivity index (χ4n) is 2.34. The van der Waals surface area contributed by atoms with Gasteiger partial charge in [-0.1, -0.05) is 0 Å². The number of ether oxygens (including phenoxy) is 1. The third-order valence-electron chi connectivity index (χ3n) is 3.23. The molecule has 0 aliphatic heterocycles. The van der Waals surface area contributed by atoms with E-state index in [2.05, 4.69) is 11.4 Å². The molecule has 0 unspecified atom stereocenters. The minimum Gasteiger partial charge on any atom is -0.444 e. The van der Waals surface area contributed by atoms with Gasteiger partial charge in [0.15, 0.2) is 0 Å². The van der Waals surface area contributed by atoms with Crippen LogP contribution in [0.25, 0.3) is 0 Å². The van der Waals surface area contributed by atoms with Crippen molar-refractivity contribution in [1.29, 1.82) is 5.26 Å². The first-order valence-corrected chi connectivity index (χ1v) is 6.77. The molecule has 0 bridgehead atoms. The third kappa shape index (κ3) is 5.90. The van der Waals surface area contributed by atoms with Crippen molar-refractivity contribution in [2.24, 2.45) is 5.92 Å². The van der Waals surface area contributed by atoms with Gasteiger partial charge in [-0.25, -0.2) is 4.79 Å². The molecule has 0 radical (unpaired) electrons. The molecule has 1 saturated carbocycles. The van der Waals surface area contributed by atoms with Crippen LogP contribution in [-0.4, -0.2) is 17.7 Å². The van der Waals surface area contributed by atoms with Gasteiger partial charge >= 0.3 is 6.09 Å². The SMILES string of the molecule is CC(C)(C)OC(=O)N[C@H]1CC[C@H](CCC#N)CC1. The largest absolute Gasteiger partial charge is 0.444 e. The normalized spacial score (nSPS) is 24.1. The Morgan fingerprint density at radius 2 is 1.94 bits per heavy atom. The Kier molecular flexibility index (Phi) is 5.46. The average molecular weight is 252 g/mol. The molecule has 0 spiro atoms. The number of hydrogen-bond acceptors (Lipinski definition) is 3. The van der Waals surface area contributed by atoms with Crippen molar-refractivity contribution in [2.75, 3.05) is 0 Å². The first-order chi connectivity index (χ1) is 8.40. The van der Waals surface area contributed by atoms with Crippen LogP contribution in [0.5, 0.6) is 0 Å². The second-order valence-electron chi connectivity index (χ2n) is 6.06. The number of alkyl carbamates (subject to hydrolysis) is 1. The Labute approximate surface area is 110 Å². The molecule has 0 aromatic rings. The second kappa shape index (κ2) is 6.63. The molecule has 0 aromatic heterocycles. The number of amides is 1. The Morgan fingerprint density at radius 3 is 2.44 bits per heavy atom. The smallest absolute Gasteiger partial charge is 0.407 e. The number of carbonyl (C=O) groups excluding carboxylic acids is 1. The molecule has 1 rings (SSSR count). The van der Waals surface area contributed by atoms with Crippen molar-refractivity contribution in [3.63, 3.8) is 0 Å². The molecule has 0 heterocycles. The van der Waals surface area contributed by atoms with Crippen LogP contribution < -0.4 is 5.32 Å². The summed E-state index contributed by atoms with van der Waals surface area (Å²) in [5.74, 6) is 0.654. The van der Waals surface area contributed by atoms with E-state index < -0.39 is 5.60 Å². The molecule has 4 heteroatoms. The predicted molar refractivity (Wildman–Crippen MR) is 70.0 cm³/mol. The summed E-state index contributed by atoms with van der Waals surface area (Å²) in [4.78, 5) is 11.6. The van der Waals surface area contributed by atoms with Crippen molar-refractivity contribution in [3.05, 3.63) is 0 Å². The fourth-order valence-corrected chi connectivity index (χ4v) is 2.34. The highest BCUT2D eigenvalue weighted by Crippen LogP contribution is 2.27. The topological polar surface area (TPSA) is 62.1 Å².